The Morgan fingerprint density at radius 1 is 0.542 bits per heavy atom. The van der Waals surface area contributed by atoms with E-state index in [2.05, 4.69) is 225 Å². The third-order valence-corrected chi connectivity index (χ3v) is 23.3. The Hall–Kier alpha value is -6.82. The molecule has 8 aliphatic rings. The largest absolute Gasteiger partial charge is 0.454 e. The lowest BCUT2D eigenvalue weighted by atomic mass is 9.36. The van der Waals surface area contributed by atoms with Gasteiger partial charge >= 0.3 is 0 Å². The number of benzene rings is 8. The van der Waals surface area contributed by atoms with E-state index >= 15 is 0 Å². The van der Waals surface area contributed by atoms with Gasteiger partial charge < -0.3 is 14.2 Å². The van der Waals surface area contributed by atoms with E-state index in [1.54, 1.807) is 11.1 Å². The molecule has 0 radical (unpaired) electrons. The first-order chi connectivity index (χ1) is 39.8. The fraction of sp³-hybridized carbons (Fsp3) is 0.359. The number of furan rings is 1. The van der Waals surface area contributed by atoms with Crippen molar-refractivity contribution in [2.24, 2.45) is 17.8 Å². The van der Waals surface area contributed by atoms with Crippen molar-refractivity contribution in [2.75, 3.05) is 9.80 Å². The van der Waals surface area contributed by atoms with Crippen LogP contribution in [0.25, 0.3) is 54.3 Å². The first kappa shape index (κ1) is 50.7. The molecule has 83 heavy (non-hydrogen) atoms. The molecule has 8 aromatic carbocycles. The Morgan fingerprint density at radius 2 is 1.13 bits per heavy atom. The number of aryl methyl sites for hydroxylation is 1. The Labute approximate surface area is 496 Å². The zero-order chi connectivity index (χ0) is 56.4. The van der Waals surface area contributed by atoms with Crippen molar-refractivity contribution < 1.29 is 4.42 Å². The fourth-order valence-corrected chi connectivity index (χ4v) is 19.7. The third-order valence-electron chi connectivity index (χ3n) is 22.1. The number of fused-ring (bicyclic) bond motifs is 14. The highest BCUT2D eigenvalue weighted by Crippen LogP contribution is 2.62. The van der Waals surface area contributed by atoms with Crippen molar-refractivity contribution in [2.45, 2.75) is 161 Å². The predicted octanol–water partition coefficient (Wildman–Crippen LogP) is 20.1. The minimum absolute atomic E-state index is 0.00415. The van der Waals surface area contributed by atoms with Gasteiger partial charge in [-0.15, -0.1) is 11.3 Å². The van der Waals surface area contributed by atoms with E-state index in [-0.39, 0.29) is 28.4 Å². The molecule has 4 bridgehead atoms. The number of nitrogens with zero attached hydrogens (tertiary/aromatic N) is 2. The summed E-state index contributed by atoms with van der Waals surface area (Å²) in [6, 6.07) is 58.5. The molecule has 4 heterocycles. The highest BCUT2D eigenvalue weighted by Gasteiger charge is 2.52. The number of hydrogen-bond acceptors (Lipinski definition) is 4. The second-order valence-electron chi connectivity index (χ2n) is 30.4. The second kappa shape index (κ2) is 17.2. The van der Waals surface area contributed by atoms with E-state index in [1.807, 2.05) is 11.3 Å². The van der Waals surface area contributed by atoms with Gasteiger partial charge in [0.25, 0.3) is 6.71 Å². The van der Waals surface area contributed by atoms with E-state index in [0.29, 0.717) is 5.41 Å². The Bertz CT molecular complexity index is 4370. The number of rotatable bonds is 4. The summed E-state index contributed by atoms with van der Waals surface area (Å²) in [5.41, 5.74) is 27.8. The van der Waals surface area contributed by atoms with Crippen LogP contribution in [0.5, 0.6) is 0 Å². The lowest BCUT2D eigenvalue weighted by Gasteiger charge is -2.57. The van der Waals surface area contributed by atoms with Crippen molar-refractivity contribution in [3.05, 3.63) is 185 Å². The molecule has 0 saturated heterocycles. The van der Waals surface area contributed by atoms with Gasteiger partial charge in [-0.1, -0.05) is 166 Å². The van der Waals surface area contributed by atoms with Crippen molar-refractivity contribution in [3.8, 4) is 22.3 Å². The van der Waals surface area contributed by atoms with Gasteiger partial charge in [0.05, 0.1) is 11.4 Å². The van der Waals surface area contributed by atoms with E-state index in [1.165, 1.54) is 174 Å². The van der Waals surface area contributed by atoms with Crippen LogP contribution in [0.1, 0.15) is 165 Å². The van der Waals surface area contributed by atoms with Crippen LogP contribution in [0.3, 0.4) is 0 Å². The number of anilines is 6. The summed E-state index contributed by atoms with van der Waals surface area (Å²) in [4.78, 5) is 5.35. The van der Waals surface area contributed by atoms with Crippen molar-refractivity contribution >= 4 is 99.9 Å². The summed E-state index contributed by atoms with van der Waals surface area (Å²) in [6.45, 7) is 23.7. The summed E-state index contributed by atoms with van der Waals surface area (Å²) < 4.78 is 10.1. The minimum atomic E-state index is -0.0632. The molecule has 0 atom stereocenters. The zero-order valence-corrected chi connectivity index (χ0v) is 51.3. The van der Waals surface area contributed by atoms with Crippen molar-refractivity contribution in [1.82, 2.24) is 0 Å². The molecule has 6 aliphatic carbocycles. The Balaban J connectivity index is 0.897. The Kier molecular flexibility index (Phi) is 10.5. The summed E-state index contributed by atoms with van der Waals surface area (Å²) in [6.07, 6.45) is 13.4. The summed E-state index contributed by atoms with van der Waals surface area (Å²) in [7, 11) is 0. The van der Waals surface area contributed by atoms with Gasteiger partial charge in [0.15, 0.2) is 5.58 Å². The highest BCUT2D eigenvalue weighted by molar-refractivity contribution is 7.33. The predicted molar refractivity (Wildman–Crippen MR) is 354 cm³/mol. The van der Waals surface area contributed by atoms with Crippen LogP contribution in [-0.4, -0.2) is 6.71 Å². The van der Waals surface area contributed by atoms with Crippen LogP contribution in [0.15, 0.2) is 150 Å². The SMILES string of the molecule is Cc1cc2c3c(c1)N(c1ccc(-c4ccc(C56CC7CC(CC(C7)C5)C6)cc4)c4c1oc1ccccc14)c1ccc(C(C)(C)C)cc1B3c1sc3ccc(C(C)(C)C)cc3c1N2c1ccc2c(c1)C1(CCCC1)c1cc(C(C)(C)C)ccc1-2. The van der Waals surface area contributed by atoms with Crippen LogP contribution in [0.4, 0.5) is 34.1 Å². The summed E-state index contributed by atoms with van der Waals surface area (Å²) in [5, 5.41) is 3.70. The number of hydrogen-bond donors (Lipinski definition) is 0. The molecule has 0 N–H and O–H groups in total. The van der Waals surface area contributed by atoms with Gasteiger partial charge in [0.1, 0.15) is 5.58 Å². The molecule has 414 valence electrons. The lowest BCUT2D eigenvalue weighted by molar-refractivity contribution is -0.00518. The van der Waals surface area contributed by atoms with E-state index < -0.39 is 0 Å². The van der Waals surface area contributed by atoms with Gasteiger partial charge in [-0.3, -0.25) is 0 Å². The molecular weight excluding hydrogens is 1020 g/mol. The van der Waals surface area contributed by atoms with Gasteiger partial charge in [-0.2, -0.15) is 0 Å². The monoisotopic (exact) mass is 1100 g/mol. The average molecular weight is 1100 g/mol. The quantitative estimate of drug-likeness (QED) is 0.164. The lowest BCUT2D eigenvalue weighted by Crippen LogP contribution is -2.60. The van der Waals surface area contributed by atoms with Gasteiger partial charge in [-0.05, 0) is 224 Å². The molecule has 5 fully saturated rings. The molecule has 5 heteroatoms. The maximum absolute atomic E-state index is 7.34. The second-order valence-corrected chi connectivity index (χ2v) is 31.4. The van der Waals surface area contributed by atoms with Gasteiger partial charge in [0, 0.05) is 53.8 Å². The standard InChI is InChI=1S/C78H77BN2OS/c1-45-33-65-70-66(34-45)81(64-29-27-55(69-58-15-11-12-16-67(58)82-72(64)69)49-17-19-50(20-18-49)77-42-46-35-47(43-77)37-48(36-46)44-77)63-28-22-53(76(8,9)10)40-62(63)79(70)73-71(59-38-51(74(2,3)4)23-30-68(59)83-73)80(65)54-24-26-57-56-25-21-52(75(5,6)7)39-60(56)78(61(57)41-54)31-13-14-32-78/h11-12,15-30,33-34,38-41,46-48H,13-14,31-32,35-37,42-44H2,1-10H3. The van der Waals surface area contributed by atoms with Gasteiger partial charge in [0.2, 0.25) is 0 Å². The van der Waals surface area contributed by atoms with Crippen LogP contribution in [0, 0.1) is 24.7 Å². The smallest absolute Gasteiger partial charge is 0.264 e. The van der Waals surface area contributed by atoms with Crippen LogP contribution in [-0.2, 0) is 27.1 Å². The average Bonchev–Trinajstić information content (AvgIpc) is 2.07. The van der Waals surface area contributed by atoms with Crippen LogP contribution in [0.2, 0.25) is 0 Å². The first-order valence-electron chi connectivity index (χ1n) is 31.6. The van der Waals surface area contributed by atoms with Gasteiger partial charge in [-0.25, -0.2) is 0 Å². The van der Waals surface area contributed by atoms with Crippen LogP contribution >= 0.6 is 11.3 Å². The molecule has 0 amide bonds. The van der Waals surface area contributed by atoms with E-state index in [0.717, 1.165) is 40.0 Å². The normalized spacial score (nSPS) is 21.8. The molecule has 5 saturated carbocycles. The molecule has 2 aliphatic heterocycles. The third kappa shape index (κ3) is 7.28. The highest BCUT2D eigenvalue weighted by atomic mass is 32.1. The molecule has 10 aromatic rings. The number of thiophene rings is 1. The van der Waals surface area contributed by atoms with Crippen LogP contribution < -0.4 is 25.5 Å². The van der Waals surface area contributed by atoms with Crippen molar-refractivity contribution in [1.29, 1.82) is 0 Å². The molecule has 2 aromatic heterocycles. The zero-order valence-electron chi connectivity index (χ0n) is 50.4. The molecule has 3 nitrogen and oxygen atoms in total. The Morgan fingerprint density at radius 3 is 1.83 bits per heavy atom. The minimum Gasteiger partial charge on any atom is -0.454 e. The topological polar surface area (TPSA) is 19.6 Å². The van der Waals surface area contributed by atoms with Crippen molar-refractivity contribution in [3.63, 3.8) is 0 Å². The summed E-state index contributed by atoms with van der Waals surface area (Å²) in [5.74, 6) is 2.75. The fourth-order valence-electron chi connectivity index (χ4n) is 18.4. The van der Waals surface area contributed by atoms with E-state index in [9.17, 15) is 0 Å². The summed E-state index contributed by atoms with van der Waals surface area (Å²) >= 11 is 2.02. The first-order valence-corrected chi connectivity index (χ1v) is 32.4. The number of para-hydroxylation sites is 1. The van der Waals surface area contributed by atoms with E-state index in [4.69, 9.17) is 4.42 Å². The molecule has 1 spiro atoms. The maximum atomic E-state index is 7.34. The molecule has 18 rings (SSSR count). The maximum Gasteiger partial charge on any atom is 0.264 e. The molecular formula is C78H77BN2OS. The molecule has 0 unspecified atom stereocenters.